The van der Waals surface area contributed by atoms with E-state index >= 15 is 0 Å². The van der Waals surface area contributed by atoms with Gasteiger partial charge in [0.1, 0.15) is 5.69 Å². The molecule has 1 aromatic rings. The Morgan fingerprint density at radius 3 is 2.55 bits per heavy atom. The van der Waals surface area contributed by atoms with Crippen molar-refractivity contribution in [2.24, 2.45) is 7.05 Å². The van der Waals surface area contributed by atoms with Gasteiger partial charge in [0.05, 0.1) is 5.03 Å². The minimum atomic E-state index is -2.47. The van der Waals surface area contributed by atoms with Gasteiger partial charge in [0.15, 0.2) is 0 Å². The number of alkyl halides is 2. The summed E-state index contributed by atoms with van der Waals surface area (Å²) < 4.78 is 25.5. The first kappa shape index (κ1) is 8.52. The molecule has 0 radical (unpaired) electrons. The lowest BCUT2D eigenvalue weighted by Gasteiger charge is -1.92. The second-order valence-electron chi connectivity index (χ2n) is 2.04. The van der Waals surface area contributed by atoms with Gasteiger partial charge in [0.25, 0.3) is 6.43 Å². The number of aromatic nitrogens is 2. The Kier molecular flexibility index (Phi) is 2.49. The van der Waals surface area contributed by atoms with Gasteiger partial charge in [0.2, 0.25) is 0 Å². The summed E-state index contributed by atoms with van der Waals surface area (Å²) in [6.07, 6.45) is -0.645. The quantitative estimate of drug-likeness (QED) is 0.645. The average molecular weight is 178 g/mol. The Morgan fingerprint density at radius 1 is 1.64 bits per heavy atom. The molecule has 0 amide bonds. The predicted molar refractivity (Wildman–Crippen MR) is 39.9 cm³/mol. The van der Waals surface area contributed by atoms with Crippen LogP contribution in [-0.4, -0.2) is 16.0 Å². The van der Waals surface area contributed by atoms with E-state index in [-0.39, 0.29) is 5.69 Å². The molecule has 0 unspecified atom stereocenters. The second-order valence-corrected chi connectivity index (χ2v) is 2.86. The van der Waals surface area contributed by atoms with Crippen LogP contribution in [0.15, 0.2) is 11.1 Å². The van der Waals surface area contributed by atoms with Crippen LogP contribution >= 0.6 is 11.8 Å². The minimum Gasteiger partial charge on any atom is -0.262 e. The highest BCUT2D eigenvalue weighted by molar-refractivity contribution is 7.98. The Labute approximate surface area is 67.6 Å². The van der Waals surface area contributed by atoms with E-state index in [1.165, 1.54) is 22.5 Å². The third kappa shape index (κ3) is 1.71. The lowest BCUT2D eigenvalue weighted by molar-refractivity contribution is 0.145. The van der Waals surface area contributed by atoms with Crippen LogP contribution in [0.5, 0.6) is 0 Å². The SMILES string of the molecule is CSc1cc(C(F)F)nn1C. The largest absolute Gasteiger partial charge is 0.282 e. The smallest absolute Gasteiger partial charge is 0.262 e. The normalized spacial score (nSPS) is 11.0. The van der Waals surface area contributed by atoms with Crippen molar-refractivity contribution in [2.45, 2.75) is 11.5 Å². The first-order valence-corrected chi connectivity index (χ1v) is 4.23. The Bertz CT molecular complexity index is 247. The van der Waals surface area contributed by atoms with Gasteiger partial charge < -0.3 is 0 Å². The number of hydrogen-bond acceptors (Lipinski definition) is 2. The summed E-state index contributed by atoms with van der Waals surface area (Å²) in [6, 6.07) is 1.40. The van der Waals surface area contributed by atoms with Crippen molar-refractivity contribution in [1.82, 2.24) is 9.78 Å². The van der Waals surface area contributed by atoms with Crippen molar-refractivity contribution < 1.29 is 8.78 Å². The van der Waals surface area contributed by atoms with E-state index in [1.807, 2.05) is 6.26 Å². The van der Waals surface area contributed by atoms with Crippen LogP contribution in [0.25, 0.3) is 0 Å². The maximum absolute atomic E-state index is 12.0. The van der Waals surface area contributed by atoms with Crippen molar-refractivity contribution >= 4 is 11.8 Å². The molecule has 0 spiro atoms. The van der Waals surface area contributed by atoms with Gasteiger partial charge in [0, 0.05) is 7.05 Å². The fraction of sp³-hybridized carbons (Fsp3) is 0.500. The number of aryl methyl sites for hydroxylation is 1. The second kappa shape index (κ2) is 3.21. The summed E-state index contributed by atoms with van der Waals surface area (Å²) in [5.74, 6) is 0. The highest BCUT2D eigenvalue weighted by Gasteiger charge is 2.12. The molecule has 0 aliphatic rings. The zero-order chi connectivity index (χ0) is 8.43. The summed E-state index contributed by atoms with van der Waals surface area (Å²) in [7, 11) is 1.65. The average Bonchev–Trinajstić information content (AvgIpc) is 2.31. The summed E-state index contributed by atoms with van der Waals surface area (Å²) in [4.78, 5) is 0. The van der Waals surface area contributed by atoms with E-state index in [4.69, 9.17) is 0 Å². The Balaban J connectivity index is 2.95. The summed E-state index contributed by atoms with van der Waals surface area (Å²) in [5.41, 5.74) is -0.156. The summed E-state index contributed by atoms with van der Waals surface area (Å²) in [6.45, 7) is 0. The maximum atomic E-state index is 12.0. The van der Waals surface area contributed by atoms with Crippen LogP contribution in [0.2, 0.25) is 0 Å². The molecule has 2 nitrogen and oxygen atoms in total. The molecule has 0 bridgehead atoms. The first-order chi connectivity index (χ1) is 5.15. The standard InChI is InChI=1S/C6H8F2N2S/c1-10-5(11-2)3-4(9-10)6(7)8/h3,6H,1-2H3. The van der Waals surface area contributed by atoms with Crippen LogP contribution in [0.1, 0.15) is 12.1 Å². The first-order valence-electron chi connectivity index (χ1n) is 3.01. The monoisotopic (exact) mass is 178 g/mol. The van der Waals surface area contributed by atoms with Crippen LogP contribution in [0.3, 0.4) is 0 Å². The molecule has 0 aliphatic carbocycles. The van der Waals surface area contributed by atoms with E-state index in [0.717, 1.165) is 5.03 Å². The van der Waals surface area contributed by atoms with Gasteiger partial charge in [-0.2, -0.15) is 5.10 Å². The van der Waals surface area contributed by atoms with Gasteiger partial charge >= 0.3 is 0 Å². The molecule has 0 saturated heterocycles. The fourth-order valence-corrected chi connectivity index (χ4v) is 1.31. The molecule has 0 atom stereocenters. The van der Waals surface area contributed by atoms with Crippen molar-refractivity contribution in [2.75, 3.05) is 6.26 Å². The van der Waals surface area contributed by atoms with E-state index in [2.05, 4.69) is 5.10 Å². The number of hydrogen-bond donors (Lipinski definition) is 0. The minimum absolute atomic E-state index is 0.156. The molecule has 11 heavy (non-hydrogen) atoms. The number of halogens is 2. The molecule has 0 N–H and O–H groups in total. The van der Waals surface area contributed by atoms with Crippen molar-refractivity contribution in [3.05, 3.63) is 11.8 Å². The zero-order valence-electron chi connectivity index (χ0n) is 6.21. The maximum Gasteiger partial charge on any atom is 0.282 e. The highest BCUT2D eigenvalue weighted by Crippen LogP contribution is 2.22. The highest BCUT2D eigenvalue weighted by atomic mass is 32.2. The summed E-state index contributed by atoms with van der Waals surface area (Å²) >= 11 is 1.40. The lowest BCUT2D eigenvalue weighted by atomic mass is 10.5. The van der Waals surface area contributed by atoms with E-state index in [1.54, 1.807) is 7.05 Å². The predicted octanol–water partition coefficient (Wildman–Crippen LogP) is 2.08. The molecule has 0 saturated carbocycles. The lowest BCUT2D eigenvalue weighted by Crippen LogP contribution is -1.93. The van der Waals surface area contributed by atoms with Crippen LogP contribution in [-0.2, 0) is 7.05 Å². The van der Waals surface area contributed by atoms with Gasteiger partial charge in [-0.25, -0.2) is 8.78 Å². The van der Waals surface area contributed by atoms with Crippen molar-refractivity contribution in [1.29, 1.82) is 0 Å². The van der Waals surface area contributed by atoms with E-state index in [9.17, 15) is 8.78 Å². The number of rotatable bonds is 2. The Morgan fingerprint density at radius 2 is 2.27 bits per heavy atom. The van der Waals surface area contributed by atoms with Gasteiger partial charge in [-0.3, -0.25) is 4.68 Å². The number of nitrogens with zero attached hydrogens (tertiary/aromatic N) is 2. The van der Waals surface area contributed by atoms with Gasteiger partial charge in [-0.15, -0.1) is 11.8 Å². The zero-order valence-corrected chi connectivity index (χ0v) is 7.03. The molecular weight excluding hydrogens is 170 g/mol. The van der Waals surface area contributed by atoms with Gasteiger partial charge in [-0.05, 0) is 12.3 Å². The molecular formula is C6H8F2N2S. The third-order valence-electron chi connectivity index (χ3n) is 1.29. The molecule has 5 heteroatoms. The van der Waals surface area contributed by atoms with Crippen molar-refractivity contribution in [3.63, 3.8) is 0 Å². The van der Waals surface area contributed by atoms with E-state index < -0.39 is 6.43 Å². The van der Waals surface area contributed by atoms with E-state index in [0.29, 0.717) is 0 Å². The van der Waals surface area contributed by atoms with Crippen LogP contribution in [0.4, 0.5) is 8.78 Å². The third-order valence-corrected chi connectivity index (χ3v) is 2.09. The van der Waals surface area contributed by atoms with Gasteiger partial charge in [-0.1, -0.05) is 0 Å². The Hall–Kier alpha value is -0.580. The van der Waals surface area contributed by atoms with Crippen LogP contribution in [0, 0.1) is 0 Å². The molecule has 0 fully saturated rings. The topological polar surface area (TPSA) is 17.8 Å². The molecule has 1 heterocycles. The van der Waals surface area contributed by atoms with Crippen molar-refractivity contribution in [3.8, 4) is 0 Å². The fourth-order valence-electron chi connectivity index (χ4n) is 0.769. The molecule has 0 aliphatic heterocycles. The molecule has 0 aromatic carbocycles. The molecule has 62 valence electrons. The number of thioether (sulfide) groups is 1. The van der Waals surface area contributed by atoms with Crippen LogP contribution < -0.4 is 0 Å². The molecule has 1 aromatic heterocycles. The molecule has 1 rings (SSSR count). The summed E-state index contributed by atoms with van der Waals surface area (Å²) in [5, 5.41) is 4.38.